The Hall–Kier alpha value is -1.14. The average molecular weight is 315 g/mol. The van der Waals surface area contributed by atoms with Gasteiger partial charge >= 0.3 is 0 Å². The van der Waals surface area contributed by atoms with Crippen molar-refractivity contribution in [1.82, 2.24) is 0 Å². The second-order valence-corrected chi connectivity index (χ2v) is 7.40. The number of thioether (sulfide) groups is 1. The Morgan fingerprint density at radius 2 is 1.90 bits per heavy atom. The van der Waals surface area contributed by atoms with Gasteiger partial charge in [0, 0.05) is 23.1 Å². The van der Waals surface area contributed by atoms with Gasteiger partial charge in [-0.15, -0.1) is 23.1 Å². The smallest absolute Gasteiger partial charge is 0.194 e. The van der Waals surface area contributed by atoms with Crippen LogP contribution in [-0.4, -0.2) is 5.25 Å². The number of fused-ring (bicyclic) bond motifs is 1. The quantitative estimate of drug-likeness (QED) is 0.764. The lowest BCUT2D eigenvalue weighted by Gasteiger charge is -2.28. The first-order valence-electron chi connectivity index (χ1n) is 6.19. The van der Waals surface area contributed by atoms with Crippen molar-refractivity contribution in [2.75, 3.05) is 5.32 Å². The zero-order chi connectivity index (χ0) is 14.3. The molecule has 0 saturated carbocycles. The van der Waals surface area contributed by atoms with Gasteiger partial charge < -0.3 is 5.32 Å². The lowest BCUT2D eigenvalue weighted by molar-refractivity contribution is 0.447. The first-order valence-corrected chi connectivity index (χ1v) is 7.95. The van der Waals surface area contributed by atoms with Gasteiger partial charge in [0.2, 0.25) is 0 Å². The number of benzene rings is 1. The fraction of sp³-hybridized carbons (Fsp3) is 0.286. The molecule has 1 aliphatic heterocycles. The van der Waals surface area contributed by atoms with Crippen molar-refractivity contribution >= 4 is 28.8 Å². The molecular weight excluding hydrogens is 303 g/mol. The number of rotatable bonds is 2. The summed E-state index contributed by atoms with van der Waals surface area (Å²) < 4.78 is 40.7. The number of thiophene rings is 1. The highest BCUT2D eigenvalue weighted by Crippen LogP contribution is 2.45. The molecule has 1 aromatic carbocycles. The van der Waals surface area contributed by atoms with Gasteiger partial charge in [-0.3, -0.25) is 0 Å². The molecule has 1 aliphatic rings. The van der Waals surface area contributed by atoms with Crippen LogP contribution in [0.15, 0.2) is 27.8 Å². The summed E-state index contributed by atoms with van der Waals surface area (Å²) in [5.41, 5.74) is 1.41. The first kappa shape index (κ1) is 13.8. The van der Waals surface area contributed by atoms with Gasteiger partial charge in [0.1, 0.15) is 0 Å². The highest BCUT2D eigenvalue weighted by molar-refractivity contribution is 8.01. The third kappa shape index (κ3) is 2.54. The summed E-state index contributed by atoms with van der Waals surface area (Å²) in [5, 5.41) is 5.54. The van der Waals surface area contributed by atoms with Crippen molar-refractivity contribution in [3.63, 3.8) is 0 Å². The van der Waals surface area contributed by atoms with Crippen LogP contribution in [0.25, 0.3) is 0 Å². The van der Waals surface area contributed by atoms with Gasteiger partial charge in [-0.1, -0.05) is 6.92 Å². The minimum Gasteiger partial charge on any atom is -0.378 e. The zero-order valence-corrected chi connectivity index (χ0v) is 12.3. The minimum absolute atomic E-state index is 0.00300. The van der Waals surface area contributed by atoms with Crippen molar-refractivity contribution in [3.05, 3.63) is 46.6 Å². The van der Waals surface area contributed by atoms with Gasteiger partial charge in [0.15, 0.2) is 17.5 Å². The molecule has 2 atom stereocenters. The fourth-order valence-electron chi connectivity index (χ4n) is 2.33. The minimum atomic E-state index is -1.43. The van der Waals surface area contributed by atoms with Gasteiger partial charge in [-0.25, -0.2) is 13.2 Å². The summed E-state index contributed by atoms with van der Waals surface area (Å²) in [6.45, 7) is 2.12. The van der Waals surface area contributed by atoms with E-state index in [-0.39, 0.29) is 11.7 Å². The van der Waals surface area contributed by atoms with Crippen LogP contribution < -0.4 is 5.32 Å². The molecule has 0 aliphatic carbocycles. The maximum absolute atomic E-state index is 13.2. The van der Waals surface area contributed by atoms with Crippen molar-refractivity contribution < 1.29 is 13.2 Å². The predicted molar refractivity (Wildman–Crippen MR) is 76.9 cm³/mol. The standard InChI is InChI=1S/C14H12F3NS2/c1-7-4-12(9-2-3-19-14(9)20-7)18-8-5-10(15)13(17)11(16)6-8/h2-3,5-7,12,18H,4H2,1H3/t7-,12?/m0/s1. The maximum Gasteiger partial charge on any atom is 0.194 e. The summed E-state index contributed by atoms with van der Waals surface area (Å²) in [7, 11) is 0. The lowest BCUT2D eigenvalue weighted by Crippen LogP contribution is -2.19. The SMILES string of the molecule is C[C@H]1CC(Nc2cc(F)c(F)c(F)c2)c2ccsc2S1. The Morgan fingerprint density at radius 1 is 1.20 bits per heavy atom. The lowest BCUT2D eigenvalue weighted by atomic mass is 10.0. The van der Waals surface area contributed by atoms with Gasteiger partial charge in [-0.05, 0) is 23.4 Å². The molecule has 20 heavy (non-hydrogen) atoms. The summed E-state index contributed by atoms with van der Waals surface area (Å²) in [6, 6.07) is 4.01. The predicted octanol–water partition coefficient (Wildman–Crippen LogP) is 5.20. The Balaban J connectivity index is 1.89. The number of anilines is 1. The topological polar surface area (TPSA) is 12.0 Å². The molecule has 1 unspecified atom stereocenters. The largest absolute Gasteiger partial charge is 0.378 e. The molecule has 0 amide bonds. The van der Waals surface area contributed by atoms with E-state index in [4.69, 9.17) is 0 Å². The molecule has 3 rings (SSSR count). The Kier molecular flexibility index (Phi) is 3.69. The Morgan fingerprint density at radius 3 is 2.60 bits per heavy atom. The second kappa shape index (κ2) is 5.33. The van der Waals surface area contributed by atoms with E-state index in [0.29, 0.717) is 5.25 Å². The Bertz CT molecular complexity index is 618. The van der Waals surface area contributed by atoms with Crippen molar-refractivity contribution in [2.24, 2.45) is 0 Å². The maximum atomic E-state index is 13.2. The normalized spacial score (nSPS) is 21.6. The third-order valence-corrected chi connectivity index (χ3v) is 5.58. The van der Waals surface area contributed by atoms with Crippen molar-refractivity contribution in [1.29, 1.82) is 0 Å². The van der Waals surface area contributed by atoms with E-state index in [1.807, 2.05) is 23.2 Å². The van der Waals surface area contributed by atoms with E-state index in [1.54, 1.807) is 11.3 Å². The molecule has 0 spiro atoms. The molecule has 0 fully saturated rings. The van der Waals surface area contributed by atoms with Gasteiger partial charge in [0.05, 0.1) is 10.3 Å². The summed E-state index contributed by atoms with van der Waals surface area (Å²) >= 11 is 3.48. The zero-order valence-electron chi connectivity index (χ0n) is 10.6. The molecule has 0 bridgehead atoms. The molecule has 1 N–H and O–H groups in total. The third-order valence-electron chi connectivity index (χ3n) is 3.23. The Labute approximate surface area is 123 Å². The van der Waals surface area contributed by atoms with E-state index in [0.717, 1.165) is 24.1 Å². The van der Waals surface area contributed by atoms with Gasteiger partial charge in [-0.2, -0.15) is 0 Å². The molecule has 2 aromatic rings. The number of hydrogen-bond acceptors (Lipinski definition) is 3. The molecule has 2 heterocycles. The molecular formula is C14H12F3NS2. The molecule has 106 valence electrons. The number of nitrogens with one attached hydrogen (secondary N) is 1. The van der Waals surface area contributed by atoms with E-state index in [1.165, 1.54) is 4.21 Å². The van der Waals surface area contributed by atoms with Crippen LogP contribution in [0.2, 0.25) is 0 Å². The highest BCUT2D eigenvalue weighted by Gasteiger charge is 2.26. The summed E-state index contributed by atoms with van der Waals surface area (Å²) in [4.78, 5) is 0. The molecule has 1 nitrogen and oxygen atoms in total. The molecule has 0 radical (unpaired) electrons. The molecule has 1 aromatic heterocycles. The fourth-order valence-corrected chi connectivity index (χ4v) is 4.89. The molecule has 6 heteroatoms. The van der Waals surface area contributed by atoms with Gasteiger partial charge in [0.25, 0.3) is 0 Å². The summed E-state index contributed by atoms with van der Waals surface area (Å²) in [5.74, 6) is -3.77. The first-order chi connectivity index (χ1) is 9.54. The van der Waals surface area contributed by atoms with E-state index < -0.39 is 17.5 Å². The van der Waals surface area contributed by atoms with E-state index in [9.17, 15) is 13.2 Å². The van der Waals surface area contributed by atoms with Crippen LogP contribution in [0, 0.1) is 17.5 Å². The van der Waals surface area contributed by atoms with Crippen LogP contribution in [0.3, 0.4) is 0 Å². The van der Waals surface area contributed by atoms with Crippen LogP contribution in [0.5, 0.6) is 0 Å². The number of halogens is 3. The summed E-state index contributed by atoms with van der Waals surface area (Å²) in [6.07, 6.45) is 0.856. The monoisotopic (exact) mass is 315 g/mol. The van der Waals surface area contributed by atoms with Crippen molar-refractivity contribution in [3.8, 4) is 0 Å². The number of hydrogen-bond donors (Lipinski definition) is 1. The highest BCUT2D eigenvalue weighted by atomic mass is 32.2. The van der Waals surface area contributed by atoms with E-state index >= 15 is 0 Å². The molecule has 0 saturated heterocycles. The van der Waals surface area contributed by atoms with E-state index in [2.05, 4.69) is 12.2 Å². The van der Waals surface area contributed by atoms with Crippen molar-refractivity contribution in [2.45, 2.75) is 28.8 Å². The van der Waals surface area contributed by atoms with Crippen LogP contribution in [0.4, 0.5) is 18.9 Å². The van der Waals surface area contributed by atoms with Crippen LogP contribution >= 0.6 is 23.1 Å². The van der Waals surface area contributed by atoms with Crippen LogP contribution in [0.1, 0.15) is 24.9 Å². The second-order valence-electron chi connectivity index (χ2n) is 4.78. The average Bonchev–Trinajstić information content (AvgIpc) is 2.84. The van der Waals surface area contributed by atoms with Crippen LogP contribution in [-0.2, 0) is 0 Å².